The summed E-state index contributed by atoms with van der Waals surface area (Å²) in [5, 5.41) is 25.3. The maximum absolute atomic E-state index is 14.8. The van der Waals surface area contributed by atoms with Crippen LogP contribution in [0.25, 0.3) is 11.1 Å². The number of morpholine rings is 2. The smallest absolute Gasteiger partial charge is 0.315 e. The lowest BCUT2D eigenvalue weighted by atomic mass is 9.80. The first kappa shape index (κ1) is 49.1. The van der Waals surface area contributed by atoms with Gasteiger partial charge in [0.2, 0.25) is 0 Å². The summed E-state index contributed by atoms with van der Waals surface area (Å²) in [6.07, 6.45) is -1.42. The van der Waals surface area contributed by atoms with Gasteiger partial charge in [-0.1, -0.05) is 113 Å². The minimum Gasteiger partial charge on any atom is -0.391 e. The molecule has 5 amide bonds. The Kier molecular flexibility index (Phi) is 19.8. The van der Waals surface area contributed by atoms with E-state index < -0.39 is 53.9 Å². The molecule has 2 aliphatic heterocycles. The van der Waals surface area contributed by atoms with E-state index in [9.17, 15) is 24.3 Å². The second kappa shape index (κ2) is 25.4. The van der Waals surface area contributed by atoms with Crippen LogP contribution in [-0.4, -0.2) is 147 Å². The molecule has 344 valence electrons. The monoisotopic (exact) mass is 872 g/mol. The minimum atomic E-state index is -1.42. The summed E-state index contributed by atoms with van der Waals surface area (Å²) in [5.41, 5.74) is 13.4. The number of nitrogens with two attached hydrogens (primary N) is 1. The average Bonchev–Trinajstić information content (AvgIpc) is 3.28. The molecule has 2 heterocycles. The number of Topliss-reactive ketones (excluding diaryl/α,β-unsaturated/α-hetero) is 1. The molecule has 0 radical (unpaired) electrons. The second-order valence-corrected chi connectivity index (χ2v) is 17.0. The van der Waals surface area contributed by atoms with Crippen LogP contribution in [0.3, 0.4) is 0 Å². The van der Waals surface area contributed by atoms with E-state index in [4.69, 9.17) is 15.2 Å². The fourth-order valence-corrected chi connectivity index (χ4v) is 7.85. The van der Waals surface area contributed by atoms with Gasteiger partial charge in [0.1, 0.15) is 6.04 Å². The Morgan fingerprint density at radius 3 is 1.67 bits per heavy atom. The van der Waals surface area contributed by atoms with Crippen molar-refractivity contribution in [2.24, 2.45) is 23.5 Å². The highest BCUT2D eigenvalue weighted by Crippen LogP contribution is 2.28. The molecule has 0 aromatic heterocycles. The van der Waals surface area contributed by atoms with E-state index in [0.29, 0.717) is 58.2 Å². The maximum Gasteiger partial charge on any atom is 0.315 e. The van der Waals surface area contributed by atoms with Crippen LogP contribution in [0, 0.1) is 17.8 Å². The van der Waals surface area contributed by atoms with Crippen molar-refractivity contribution in [3.8, 4) is 11.1 Å². The summed E-state index contributed by atoms with van der Waals surface area (Å²) >= 11 is 0. The normalized spacial score (nSPS) is 17.3. The number of hydrazine groups is 1. The summed E-state index contributed by atoms with van der Waals surface area (Å²) in [7, 11) is 0. The van der Waals surface area contributed by atoms with Crippen LogP contribution in [0.15, 0.2) is 84.9 Å². The van der Waals surface area contributed by atoms with Crippen LogP contribution in [-0.2, 0) is 25.6 Å². The highest BCUT2D eigenvalue weighted by Gasteiger charge is 2.40. The predicted octanol–water partition coefficient (Wildman–Crippen LogP) is 2.75. The molecule has 16 nitrogen and oxygen atoms in total. The standard InChI is InChI=1S/C47H69N9O7/c1-33(2)42(51-46(60)49-19-21-54-23-27-62-28-24-54)44(58)40(41(48)38-13-9-6-10-14-38)39(57)32-56(31-35-15-17-37(18-16-35)36-11-7-5-8-12-36)53-45(59)43(34(3)4)52-47(61)50-20-22-55-25-29-63-30-26-55/h5-18,33-34,39-43,57H,19-32,48H2,1-4H3,(H,53,59)(H2,49,51,60)(H2,50,52,61)/t39-,40-,41?,42+,43+/m1/s1. The number of nitrogens with zero attached hydrogens (tertiary/aromatic N) is 3. The molecule has 8 N–H and O–H groups in total. The lowest BCUT2D eigenvalue weighted by Gasteiger charge is -2.35. The zero-order chi connectivity index (χ0) is 45.1. The molecule has 0 spiro atoms. The van der Waals surface area contributed by atoms with E-state index in [1.54, 1.807) is 17.1 Å². The van der Waals surface area contributed by atoms with Crippen LogP contribution in [0.5, 0.6) is 0 Å². The Hall–Kier alpha value is -4.94. The Bertz CT molecular complexity index is 1840. The average molecular weight is 872 g/mol. The van der Waals surface area contributed by atoms with Crippen LogP contribution >= 0.6 is 0 Å². The molecule has 5 atom stereocenters. The zero-order valence-electron chi connectivity index (χ0n) is 37.3. The number of hydrogen-bond acceptors (Lipinski definition) is 11. The highest BCUT2D eigenvalue weighted by molar-refractivity contribution is 5.91. The number of ketones is 1. The molecule has 2 aliphatic rings. The van der Waals surface area contributed by atoms with Crippen molar-refractivity contribution in [1.29, 1.82) is 0 Å². The maximum atomic E-state index is 14.8. The Morgan fingerprint density at radius 2 is 1.16 bits per heavy atom. The van der Waals surface area contributed by atoms with Crippen molar-refractivity contribution < 1.29 is 33.8 Å². The lowest BCUT2D eigenvalue weighted by Crippen LogP contribution is -2.59. The van der Waals surface area contributed by atoms with Gasteiger partial charge >= 0.3 is 12.1 Å². The lowest BCUT2D eigenvalue weighted by molar-refractivity contribution is -0.133. The number of nitrogens with one attached hydrogen (secondary N) is 5. The highest BCUT2D eigenvalue weighted by atomic mass is 16.5. The topological polar surface area (TPSA) is 203 Å². The molecule has 63 heavy (non-hydrogen) atoms. The number of rotatable bonds is 22. The molecule has 0 saturated carbocycles. The third-order valence-electron chi connectivity index (χ3n) is 11.6. The first-order valence-electron chi connectivity index (χ1n) is 22.3. The molecular weight excluding hydrogens is 803 g/mol. The number of aliphatic hydroxyl groups excluding tert-OH is 1. The minimum absolute atomic E-state index is 0.146. The molecule has 2 fully saturated rings. The van der Waals surface area contributed by atoms with E-state index in [-0.39, 0.29) is 24.9 Å². The number of ether oxygens (including phenoxy) is 2. The van der Waals surface area contributed by atoms with Crippen molar-refractivity contribution in [1.82, 2.24) is 41.5 Å². The second-order valence-electron chi connectivity index (χ2n) is 17.0. The van der Waals surface area contributed by atoms with Crippen molar-refractivity contribution >= 4 is 23.8 Å². The van der Waals surface area contributed by atoms with Gasteiger partial charge in [0.05, 0.1) is 44.5 Å². The number of amides is 5. The van der Waals surface area contributed by atoms with Gasteiger partial charge in [-0.05, 0) is 34.1 Å². The van der Waals surface area contributed by atoms with E-state index >= 15 is 0 Å². The summed E-state index contributed by atoms with van der Waals surface area (Å²) in [6, 6.07) is 23.0. The molecule has 2 saturated heterocycles. The Balaban J connectivity index is 1.35. The number of benzene rings is 3. The van der Waals surface area contributed by atoms with Gasteiger partial charge < -0.3 is 41.6 Å². The van der Waals surface area contributed by atoms with Crippen LogP contribution in [0.1, 0.15) is 44.9 Å². The summed E-state index contributed by atoms with van der Waals surface area (Å²) < 4.78 is 10.8. The number of hydrogen-bond donors (Lipinski definition) is 7. The van der Waals surface area contributed by atoms with Gasteiger partial charge in [-0.25, -0.2) is 14.6 Å². The van der Waals surface area contributed by atoms with Crippen LogP contribution in [0.4, 0.5) is 9.59 Å². The van der Waals surface area contributed by atoms with Gasteiger partial charge in [-0.2, -0.15) is 0 Å². The number of carbonyl (C=O) groups excluding carboxylic acids is 4. The van der Waals surface area contributed by atoms with Crippen molar-refractivity contribution in [3.05, 3.63) is 96.1 Å². The Morgan fingerprint density at radius 1 is 0.683 bits per heavy atom. The molecular formula is C47H69N9O7. The third-order valence-corrected chi connectivity index (χ3v) is 11.6. The van der Waals surface area contributed by atoms with E-state index in [1.807, 2.05) is 100 Å². The van der Waals surface area contributed by atoms with Crippen LogP contribution in [0.2, 0.25) is 0 Å². The molecule has 1 unspecified atom stereocenters. The molecule has 5 rings (SSSR count). The first-order chi connectivity index (χ1) is 30.4. The number of carbonyl (C=O) groups is 4. The van der Waals surface area contributed by atoms with Crippen molar-refractivity contribution in [2.75, 3.05) is 85.3 Å². The summed E-state index contributed by atoms with van der Waals surface area (Å²) in [4.78, 5) is 59.7. The van der Waals surface area contributed by atoms with Gasteiger partial charge in [-0.15, -0.1) is 0 Å². The fraction of sp³-hybridized carbons (Fsp3) is 0.532. The predicted molar refractivity (Wildman–Crippen MR) is 243 cm³/mol. The third kappa shape index (κ3) is 15.7. The molecule has 3 aromatic rings. The van der Waals surface area contributed by atoms with E-state index in [1.165, 1.54) is 0 Å². The number of aliphatic hydroxyl groups is 1. The first-order valence-corrected chi connectivity index (χ1v) is 22.3. The summed E-state index contributed by atoms with van der Waals surface area (Å²) in [5.74, 6) is -2.79. The van der Waals surface area contributed by atoms with Gasteiger partial charge in [0, 0.05) is 71.5 Å². The largest absolute Gasteiger partial charge is 0.391 e. The fourth-order valence-electron chi connectivity index (χ4n) is 7.85. The van der Waals surface area contributed by atoms with Crippen molar-refractivity contribution in [2.45, 2.75) is 58.5 Å². The van der Waals surface area contributed by atoms with Gasteiger partial charge in [0.25, 0.3) is 5.91 Å². The molecule has 16 heteroatoms. The molecule has 0 bridgehead atoms. The van der Waals surface area contributed by atoms with E-state index in [0.717, 1.165) is 42.9 Å². The Labute approximate surface area is 372 Å². The molecule has 0 aliphatic carbocycles. The SMILES string of the molecule is CC(C)[C@H](NC(=O)NCCN1CCOCC1)C(=O)NN(Cc1ccc(-c2ccccc2)cc1)C[C@@H](O)[C@@H](C(=O)[C@@H](NC(=O)NCCN1CCOCC1)C(C)C)C(N)c1ccccc1. The number of urea groups is 2. The van der Waals surface area contributed by atoms with Crippen LogP contribution < -0.4 is 32.4 Å². The zero-order valence-corrected chi connectivity index (χ0v) is 37.3. The molecule has 3 aromatic carbocycles. The summed E-state index contributed by atoms with van der Waals surface area (Å²) in [6.45, 7) is 15.1. The van der Waals surface area contributed by atoms with Gasteiger partial charge in [-0.3, -0.25) is 24.8 Å². The van der Waals surface area contributed by atoms with Gasteiger partial charge in [0.15, 0.2) is 5.78 Å². The quantitative estimate of drug-likeness (QED) is 0.0733. The van der Waals surface area contributed by atoms with E-state index in [2.05, 4.69) is 36.5 Å². The van der Waals surface area contributed by atoms with Crippen molar-refractivity contribution in [3.63, 3.8) is 0 Å².